The summed E-state index contributed by atoms with van der Waals surface area (Å²) in [5, 5.41) is 3.28. The van der Waals surface area contributed by atoms with E-state index in [-0.39, 0.29) is 11.5 Å². The van der Waals surface area contributed by atoms with E-state index in [1.807, 2.05) is 6.07 Å². The topological polar surface area (TPSA) is 75.9 Å². The van der Waals surface area contributed by atoms with E-state index < -0.39 is 0 Å². The summed E-state index contributed by atoms with van der Waals surface area (Å²) in [6.45, 7) is 3.90. The van der Waals surface area contributed by atoms with E-state index in [0.717, 1.165) is 19.3 Å². The number of aromatic nitrogens is 2. The molecule has 1 fully saturated rings. The van der Waals surface area contributed by atoms with Gasteiger partial charge < -0.3 is 10.1 Å². The first kappa shape index (κ1) is 22.5. The number of nitrogens with one attached hydrogen (secondary N) is 1. The van der Waals surface area contributed by atoms with Crippen LogP contribution >= 0.6 is 24.0 Å². The van der Waals surface area contributed by atoms with Gasteiger partial charge in [-0.15, -0.1) is 0 Å². The van der Waals surface area contributed by atoms with Gasteiger partial charge in [-0.2, -0.15) is 0 Å². The number of amides is 1. The van der Waals surface area contributed by atoms with Gasteiger partial charge in [0.1, 0.15) is 15.8 Å². The lowest BCUT2D eigenvalue weighted by atomic mass is 10.2. The maximum Gasteiger partial charge on any atom is 0.267 e. The maximum absolute atomic E-state index is 13.2. The molecule has 2 aromatic rings. The number of thioether (sulfide) groups is 1. The third-order valence-electron chi connectivity index (χ3n) is 4.72. The first-order valence-electron chi connectivity index (χ1n) is 10.1. The molecule has 30 heavy (non-hydrogen) atoms. The minimum atomic E-state index is -0.219. The standard InChI is InChI=1S/C21H26N4O3S2/c1-3-4-6-10-22-18-15(19(26)24-11-7-5-9-17(24)23-18)14-16-20(27)25(21(29)30-16)12-8-13-28-2/h5,7,9,11,14,22H,3-4,6,8,10,12-13H2,1-2H3/b16-14+. The summed E-state index contributed by atoms with van der Waals surface area (Å²) in [4.78, 5) is 32.6. The number of thiocarbonyl (C=S) groups is 1. The maximum atomic E-state index is 13.2. The monoisotopic (exact) mass is 446 g/mol. The van der Waals surface area contributed by atoms with Crippen LogP contribution in [0, 0.1) is 0 Å². The van der Waals surface area contributed by atoms with Crippen LogP contribution in [0.25, 0.3) is 11.7 Å². The second-order valence-electron chi connectivity index (χ2n) is 6.92. The zero-order chi connectivity index (χ0) is 21.5. The predicted molar refractivity (Wildman–Crippen MR) is 126 cm³/mol. The van der Waals surface area contributed by atoms with E-state index in [2.05, 4.69) is 17.2 Å². The van der Waals surface area contributed by atoms with Crippen LogP contribution in [-0.2, 0) is 9.53 Å². The van der Waals surface area contributed by atoms with Gasteiger partial charge in [0.25, 0.3) is 11.5 Å². The van der Waals surface area contributed by atoms with E-state index in [0.29, 0.717) is 52.4 Å². The highest BCUT2D eigenvalue weighted by Gasteiger charge is 2.32. The minimum Gasteiger partial charge on any atom is -0.385 e. The van der Waals surface area contributed by atoms with E-state index in [1.54, 1.807) is 36.4 Å². The van der Waals surface area contributed by atoms with Gasteiger partial charge in [-0.3, -0.25) is 18.9 Å². The Morgan fingerprint density at radius 1 is 1.27 bits per heavy atom. The minimum absolute atomic E-state index is 0.185. The van der Waals surface area contributed by atoms with Crippen molar-refractivity contribution >= 4 is 51.7 Å². The van der Waals surface area contributed by atoms with Crippen molar-refractivity contribution in [2.75, 3.05) is 32.1 Å². The van der Waals surface area contributed by atoms with Gasteiger partial charge in [0.05, 0.1) is 10.5 Å². The summed E-state index contributed by atoms with van der Waals surface area (Å²) >= 11 is 6.59. The lowest BCUT2D eigenvalue weighted by molar-refractivity contribution is -0.122. The Morgan fingerprint density at radius 2 is 2.10 bits per heavy atom. The summed E-state index contributed by atoms with van der Waals surface area (Å²) in [6.07, 6.45) is 7.17. The molecule has 1 N–H and O–H groups in total. The highest BCUT2D eigenvalue weighted by molar-refractivity contribution is 8.26. The molecule has 0 atom stereocenters. The third-order valence-corrected chi connectivity index (χ3v) is 6.10. The van der Waals surface area contributed by atoms with Gasteiger partial charge >= 0.3 is 0 Å². The molecule has 0 saturated carbocycles. The van der Waals surface area contributed by atoms with Gasteiger partial charge in [-0.1, -0.05) is 49.8 Å². The van der Waals surface area contributed by atoms with Gasteiger partial charge in [0.15, 0.2) is 0 Å². The van der Waals surface area contributed by atoms with Gasteiger partial charge in [-0.05, 0) is 31.1 Å². The number of methoxy groups -OCH3 is 1. The zero-order valence-electron chi connectivity index (χ0n) is 17.2. The molecule has 0 spiro atoms. The highest BCUT2D eigenvalue weighted by atomic mass is 32.2. The molecule has 7 nitrogen and oxygen atoms in total. The number of unbranched alkanes of at least 4 members (excludes halogenated alkanes) is 2. The fourth-order valence-electron chi connectivity index (χ4n) is 3.14. The van der Waals surface area contributed by atoms with Crippen molar-refractivity contribution in [3.05, 3.63) is 45.2 Å². The molecule has 3 heterocycles. The number of carbonyl (C=O) groups is 1. The Balaban J connectivity index is 1.95. The third kappa shape index (κ3) is 5.08. The molecule has 0 radical (unpaired) electrons. The molecule has 0 aromatic carbocycles. The van der Waals surface area contributed by atoms with Crippen LogP contribution in [0.15, 0.2) is 34.1 Å². The van der Waals surface area contributed by atoms with E-state index in [1.165, 1.54) is 16.2 Å². The Labute approximate surface area is 185 Å². The second kappa shape index (κ2) is 10.7. The number of carbonyl (C=O) groups excluding carboxylic acids is 1. The van der Waals surface area contributed by atoms with Crippen LogP contribution in [0.1, 0.15) is 38.2 Å². The Bertz CT molecular complexity index is 1020. The smallest absolute Gasteiger partial charge is 0.267 e. The van der Waals surface area contributed by atoms with Crippen molar-refractivity contribution in [3.63, 3.8) is 0 Å². The number of nitrogens with zero attached hydrogens (tertiary/aromatic N) is 3. The van der Waals surface area contributed by atoms with Crippen LogP contribution in [0.2, 0.25) is 0 Å². The molecule has 1 saturated heterocycles. The Morgan fingerprint density at radius 3 is 2.87 bits per heavy atom. The van der Waals surface area contributed by atoms with Crippen molar-refractivity contribution < 1.29 is 9.53 Å². The van der Waals surface area contributed by atoms with Crippen LogP contribution in [-0.4, -0.2) is 51.3 Å². The SMILES string of the molecule is CCCCCNc1nc2ccccn2c(=O)c1/C=C1/SC(=S)N(CCCOC)C1=O. The summed E-state index contributed by atoms with van der Waals surface area (Å²) in [5.41, 5.74) is 0.709. The second-order valence-corrected chi connectivity index (χ2v) is 8.60. The molecular weight excluding hydrogens is 420 g/mol. The Hall–Kier alpha value is -2.23. The number of anilines is 1. The van der Waals surface area contributed by atoms with E-state index in [4.69, 9.17) is 17.0 Å². The van der Waals surface area contributed by atoms with Crippen molar-refractivity contribution in [1.29, 1.82) is 0 Å². The largest absolute Gasteiger partial charge is 0.385 e. The van der Waals surface area contributed by atoms with Crippen molar-refractivity contribution in [2.24, 2.45) is 0 Å². The molecule has 0 aliphatic carbocycles. The Kier molecular flexibility index (Phi) is 8.01. The summed E-state index contributed by atoms with van der Waals surface area (Å²) in [6, 6.07) is 5.41. The molecule has 160 valence electrons. The van der Waals surface area contributed by atoms with Crippen LogP contribution in [0.3, 0.4) is 0 Å². The summed E-state index contributed by atoms with van der Waals surface area (Å²) in [7, 11) is 1.62. The number of hydrogen-bond acceptors (Lipinski definition) is 7. The highest BCUT2D eigenvalue weighted by Crippen LogP contribution is 2.33. The van der Waals surface area contributed by atoms with Crippen molar-refractivity contribution in [2.45, 2.75) is 32.6 Å². The van der Waals surface area contributed by atoms with Crippen molar-refractivity contribution in [3.8, 4) is 0 Å². The molecule has 2 aromatic heterocycles. The van der Waals surface area contributed by atoms with Gasteiger partial charge in [0.2, 0.25) is 0 Å². The van der Waals surface area contributed by atoms with E-state index in [9.17, 15) is 9.59 Å². The fraction of sp³-hybridized carbons (Fsp3) is 0.429. The van der Waals surface area contributed by atoms with E-state index >= 15 is 0 Å². The van der Waals surface area contributed by atoms with Crippen molar-refractivity contribution in [1.82, 2.24) is 14.3 Å². The summed E-state index contributed by atoms with van der Waals surface area (Å²) < 4.78 is 7.04. The quantitative estimate of drug-likeness (QED) is 0.340. The van der Waals surface area contributed by atoms with Crippen LogP contribution in [0.4, 0.5) is 5.82 Å². The molecule has 1 amide bonds. The molecule has 0 bridgehead atoms. The van der Waals surface area contributed by atoms with Gasteiger partial charge in [-0.25, -0.2) is 4.98 Å². The molecule has 9 heteroatoms. The van der Waals surface area contributed by atoms with Crippen LogP contribution < -0.4 is 10.9 Å². The normalized spacial score (nSPS) is 15.5. The molecule has 1 aliphatic rings. The molecule has 3 rings (SSSR count). The number of hydrogen-bond donors (Lipinski definition) is 1. The van der Waals surface area contributed by atoms with Gasteiger partial charge in [0, 0.05) is 33.0 Å². The van der Waals surface area contributed by atoms with Crippen LogP contribution in [0.5, 0.6) is 0 Å². The molecular formula is C21H26N4O3S2. The molecule has 1 aliphatic heterocycles. The predicted octanol–water partition coefficient (Wildman–Crippen LogP) is 3.53. The lowest BCUT2D eigenvalue weighted by Crippen LogP contribution is -2.29. The summed E-state index contributed by atoms with van der Waals surface area (Å²) in [5.74, 6) is 0.308. The number of rotatable bonds is 10. The number of fused-ring (bicyclic) bond motifs is 1. The average Bonchev–Trinajstić information content (AvgIpc) is 3.01. The first-order valence-corrected chi connectivity index (χ1v) is 11.3. The average molecular weight is 447 g/mol. The molecule has 0 unspecified atom stereocenters. The number of pyridine rings is 1. The number of ether oxygens (including phenoxy) is 1. The fourth-order valence-corrected chi connectivity index (χ4v) is 4.43. The first-order chi connectivity index (χ1) is 14.6. The zero-order valence-corrected chi connectivity index (χ0v) is 18.9. The lowest BCUT2D eigenvalue weighted by Gasteiger charge is -2.13.